The topological polar surface area (TPSA) is 129 Å². The average Bonchev–Trinajstić information content (AvgIpc) is 3.47. The summed E-state index contributed by atoms with van der Waals surface area (Å²) >= 11 is 7.51. The van der Waals surface area contributed by atoms with Gasteiger partial charge in [0.25, 0.3) is 5.91 Å². The van der Waals surface area contributed by atoms with Gasteiger partial charge in [0.05, 0.1) is 28.0 Å². The third kappa shape index (κ3) is 7.58. The number of hydrogen-bond acceptors (Lipinski definition) is 9. The highest BCUT2D eigenvalue weighted by atomic mass is 127. The van der Waals surface area contributed by atoms with Gasteiger partial charge in [0.1, 0.15) is 18.1 Å². The molecule has 228 valence electrons. The van der Waals surface area contributed by atoms with Crippen molar-refractivity contribution in [2.45, 2.75) is 26.5 Å². The summed E-state index contributed by atoms with van der Waals surface area (Å²) in [5, 5.41) is 10.5. The van der Waals surface area contributed by atoms with Crippen molar-refractivity contribution in [3.05, 3.63) is 92.2 Å². The van der Waals surface area contributed by atoms with Crippen LogP contribution in [0.1, 0.15) is 36.6 Å². The number of halogens is 1. The Labute approximate surface area is 273 Å². The third-order valence-corrected chi connectivity index (χ3v) is 7.61. The molecule has 0 radical (unpaired) electrons. The van der Waals surface area contributed by atoms with Crippen LogP contribution in [0.2, 0.25) is 0 Å². The van der Waals surface area contributed by atoms with Gasteiger partial charge in [0, 0.05) is 11.3 Å². The molecule has 2 aliphatic heterocycles. The van der Waals surface area contributed by atoms with E-state index < -0.39 is 17.9 Å². The number of thiocarbonyl (C=S) groups is 1. The van der Waals surface area contributed by atoms with Crippen molar-refractivity contribution >= 4 is 58.0 Å². The number of amides is 1. The van der Waals surface area contributed by atoms with E-state index >= 15 is 0 Å². The summed E-state index contributed by atoms with van der Waals surface area (Å²) in [6.45, 7) is 4.02. The number of carbonyl (C=O) groups is 2. The summed E-state index contributed by atoms with van der Waals surface area (Å²) in [6.07, 6.45) is 1.54. The van der Waals surface area contributed by atoms with Crippen molar-refractivity contribution < 1.29 is 33.3 Å². The first-order valence-electron chi connectivity index (χ1n) is 13.6. The molecular weight excluding hydrogens is 699 g/mol. The maximum atomic E-state index is 12.7. The van der Waals surface area contributed by atoms with Crippen LogP contribution in [-0.4, -0.2) is 43.2 Å². The monoisotopic (exact) mass is 728 g/mol. The summed E-state index contributed by atoms with van der Waals surface area (Å²) in [4.78, 5) is 25.3. The Balaban J connectivity index is 1.16. The van der Waals surface area contributed by atoms with Gasteiger partial charge >= 0.3 is 5.97 Å². The summed E-state index contributed by atoms with van der Waals surface area (Å²) in [5.41, 5.74) is 5.81. The molecule has 11 nitrogen and oxygen atoms in total. The summed E-state index contributed by atoms with van der Waals surface area (Å²) in [5.74, 6) is 1.64. The number of fused-ring (bicyclic) bond motifs is 1. The molecule has 0 bridgehead atoms. The molecule has 1 atom stereocenters. The second kappa shape index (κ2) is 14.4. The van der Waals surface area contributed by atoms with E-state index in [9.17, 15) is 9.59 Å². The molecule has 2 heterocycles. The van der Waals surface area contributed by atoms with Crippen LogP contribution in [0.4, 0.5) is 0 Å². The van der Waals surface area contributed by atoms with Crippen LogP contribution in [0, 0.1) is 3.57 Å². The van der Waals surface area contributed by atoms with Crippen molar-refractivity contribution in [1.82, 2.24) is 16.1 Å². The van der Waals surface area contributed by atoms with E-state index in [1.54, 1.807) is 32.0 Å². The van der Waals surface area contributed by atoms with Gasteiger partial charge in [-0.3, -0.25) is 4.79 Å². The number of rotatable bonds is 11. The van der Waals surface area contributed by atoms with Crippen molar-refractivity contribution in [1.29, 1.82) is 0 Å². The van der Waals surface area contributed by atoms with E-state index in [-0.39, 0.29) is 20.0 Å². The van der Waals surface area contributed by atoms with E-state index in [2.05, 4.69) is 43.8 Å². The number of benzene rings is 3. The second-order valence-corrected chi connectivity index (χ2v) is 11.1. The van der Waals surface area contributed by atoms with E-state index in [0.29, 0.717) is 40.1 Å². The fourth-order valence-electron chi connectivity index (χ4n) is 4.52. The van der Waals surface area contributed by atoms with Gasteiger partial charge in [-0.25, -0.2) is 10.2 Å². The number of ether oxygens (including phenoxy) is 5. The second-order valence-electron chi connectivity index (χ2n) is 9.58. The zero-order valence-corrected chi connectivity index (χ0v) is 26.8. The molecule has 13 heteroatoms. The van der Waals surface area contributed by atoms with Gasteiger partial charge in [-0.15, -0.1) is 0 Å². The SMILES string of the molecule is CCOC(=O)C1=C(C)NC(=S)N[C@@H]1c1ccccc1OCC(=O)NN=Cc1ccc(OCc2ccc3c(c2)OCO3)c(I)c1. The lowest BCUT2D eigenvalue weighted by atomic mass is 9.95. The number of carbonyl (C=O) groups excluding carboxylic acids is 2. The molecule has 0 aromatic heterocycles. The van der Waals surface area contributed by atoms with Crippen molar-refractivity contribution in [3.8, 4) is 23.0 Å². The number of allylic oxidation sites excluding steroid dienone is 1. The highest BCUT2D eigenvalue weighted by molar-refractivity contribution is 14.1. The zero-order valence-electron chi connectivity index (χ0n) is 23.8. The van der Waals surface area contributed by atoms with E-state index in [1.807, 2.05) is 42.5 Å². The van der Waals surface area contributed by atoms with Crippen LogP contribution < -0.4 is 35.0 Å². The lowest BCUT2D eigenvalue weighted by Crippen LogP contribution is -2.45. The first kappa shape index (κ1) is 31.1. The summed E-state index contributed by atoms with van der Waals surface area (Å²) in [7, 11) is 0. The van der Waals surface area contributed by atoms with Crippen molar-refractivity contribution in [3.63, 3.8) is 0 Å². The van der Waals surface area contributed by atoms with E-state index in [1.165, 1.54) is 6.21 Å². The zero-order chi connectivity index (χ0) is 31.1. The highest BCUT2D eigenvalue weighted by Crippen LogP contribution is 2.34. The van der Waals surface area contributed by atoms with E-state index in [0.717, 1.165) is 26.2 Å². The molecule has 0 unspecified atom stereocenters. The van der Waals surface area contributed by atoms with Crippen LogP contribution >= 0.6 is 34.8 Å². The predicted octanol–water partition coefficient (Wildman–Crippen LogP) is 4.48. The lowest BCUT2D eigenvalue weighted by molar-refractivity contribution is -0.139. The maximum absolute atomic E-state index is 12.7. The Hall–Kier alpha value is -4.37. The minimum absolute atomic E-state index is 0.227. The molecule has 1 amide bonds. The Morgan fingerprint density at radius 2 is 1.91 bits per heavy atom. The van der Waals surface area contributed by atoms with Crippen LogP contribution in [-0.2, 0) is 20.9 Å². The largest absolute Gasteiger partial charge is 0.488 e. The quantitative estimate of drug-likeness (QED) is 0.0855. The molecule has 0 saturated heterocycles. The molecule has 0 fully saturated rings. The smallest absolute Gasteiger partial charge is 0.338 e. The first-order valence-corrected chi connectivity index (χ1v) is 15.1. The Morgan fingerprint density at radius 3 is 2.73 bits per heavy atom. The number of para-hydroxylation sites is 1. The number of esters is 1. The van der Waals surface area contributed by atoms with Gasteiger partial charge < -0.3 is 34.3 Å². The number of nitrogens with one attached hydrogen (secondary N) is 3. The molecule has 3 N–H and O–H groups in total. The van der Waals surface area contributed by atoms with Crippen molar-refractivity contribution in [2.24, 2.45) is 5.10 Å². The summed E-state index contributed by atoms with van der Waals surface area (Å²) in [6, 6.07) is 17.8. The Kier molecular flexibility index (Phi) is 10.2. The van der Waals surface area contributed by atoms with Crippen LogP contribution in [0.25, 0.3) is 0 Å². The fraction of sp³-hybridized carbons (Fsp3) is 0.226. The van der Waals surface area contributed by atoms with Crippen LogP contribution in [0.5, 0.6) is 23.0 Å². The van der Waals surface area contributed by atoms with Crippen LogP contribution in [0.3, 0.4) is 0 Å². The molecule has 44 heavy (non-hydrogen) atoms. The van der Waals surface area contributed by atoms with Crippen LogP contribution in [0.15, 0.2) is 77.0 Å². The molecule has 5 rings (SSSR count). The standard InChI is InChI=1S/C31H29IN4O7S/c1-3-39-30(38)28-18(2)34-31(44)35-29(28)21-6-4-5-7-23(21)41-16-27(37)36-33-14-19-8-10-24(22(32)12-19)40-15-20-9-11-25-26(13-20)43-17-42-25/h4-14,29H,3,15-17H2,1-2H3,(H,36,37)(H2,34,35,44)/t29-/m1/s1. The lowest BCUT2D eigenvalue weighted by Gasteiger charge is -2.30. The van der Waals surface area contributed by atoms with Gasteiger partial charge in [-0.05, 0) is 96.2 Å². The summed E-state index contributed by atoms with van der Waals surface area (Å²) < 4.78 is 28.7. The number of nitrogens with zero attached hydrogens (tertiary/aromatic N) is 1. The maximum Gasteiger partial charge on any atom is 0.338 e. The van der Waals surface area contributed by atoms with Crippen molar-refractivity contribution in [2.75, 3.05) is 20.0 Å². The highest BCUT2D eigenvalue weighted by Gasteiger charge is 2.32. The minimum atomic E-state index is -0.619. The molecule has 3 aromatic rings. The first-order chi connectivity index (χ1) is 21.3. The predicted molar refractivity (Wildman–Crippen MR) is 175 cm³/mol. The van der Waals surface area contributed by atoms with E-state index in [4.69, 9.17) is 35.9 Å². The average molecular weight is 729 g/mol. The number of hydrogen-bond donors (Lipinski definition) is 3. The number of hydrazone groups is 1. The fourth-order valence-corrected chi connectivity index (χ4v) is 5.48. The van der Waals surface area contributed by atoms with Gasteiger partial charge in [0.15, 0.2) is 23.2 Å². The third-order valence-electron chi connectivity index (χ3n) is 6.54. The molecule has 2 aliphatic rings. The molecule has 0 spiro atoms. The molecule has 0 saturated carbocycles. The normalized spacial score (nSPS) is 15.4. The Bertz CT molecular complexity index is 1640. The van der Waals surface area contributed by atoms with Gasteiger partial charge in [0.2, 0.25) is 6.79 Å². The molecular formula is C31H29IN4O7S. The Morgan fingerprint density at radius 1 is 1.09 bits per heavy atom. The molecule has 0 aliphatic carbocycles. The van der Waals surface area contributed by atoms with Gasteiger partial charge in [-0.2, -0.15) is 5.10 Å². The minimum Gasteiger partial charge on any atom is -0.488 e. The molecule has 3 aromatic carbocycles. The van der Waals surface area contributed by atoms with Gasteiger partial charge in [-0.1, -0.05) is 24.3 Å².